The van der Waals surface area contributed by atoms with Crippen molar-refractivity contribution >= 4 is 86.2 Å². The standard InChI is InChI=1S/C15H10Cl3IN2OS/c16-8-5-12(17)11(13(18)6-8)7-20-15(23)14(22)21-10-3-1-9(19)2-4-10/h1-6H,7H2,(H,20,23)(H,21,22). The van der Waals surface area contributed by atoms with Crippen LogP contribution in [0.25, 0.3) is 0 Å². The minimum absolute atomic E-state index is 0.0469. The van der Waals surface area contributed by atoms with Crippen LogP contribution in [0.4, 0.5) is 5.69 Å². The summed E-state index contributed by atoms with van der Waals surface area (Å²) in [6.07, 6.45) is 0. The van der Waals surface area contributed by atoms with Gasteiger partial charge in [0.1, 0.15) is 0 Å². The quantitative estimate of drug-likeness (QED) is 0.445. The van der Waals surface area contributed by atoms with E-state index in [1.807, 2.05) is 12.1 Å². The van der Waals surface area contributed by atoms with Crippen LogP contribution in [0.1, 0.15) is 5.56 Å². The normalized spacial score (nSPS) is 10.3. The first kappa shape index (κ1) is 18.7. The summed E-state index contributed by atoms with van der Waals surface area (Å²) in [4.78, 5) is 12.1. The second-order valence-electron chi connectivity index (χ2n) is 4.49. The minimum atomic E-state index is -0.401. The number of hydrogen-bond donors (Lipinski definition) is 2. The van der Waals surface area contributed by atoms with Crippen LogP contribution in [-0.4, -0.2) is 10.9 Å². The van der Waals surface area contributed by atoms with Crippen molar-refractivity contribution in [3.63, 3.8) is 0 Å². The number of halogens is 4. The van der Waals surface area contributed by atoms with Crippen molar-refractivity contribution in [3.8, 4) is 0 Å². The Morgan fingerprint density at radius 1 is 1.09 bits per heavy atom. The van der Waals surface area contributed by atoms with Crippen molar-refractivity contribution in [1.29, 1.82) is 0 Å². The molecule has 0 spiro atoms. The van der Waals surface area contributed by atoms with Crippen LogP contribution in [-0.2, 0) is 11.3 Å². The van der Waals surface area contributed by atoms with E-state index in [0.29, 0.717) is 26.3 Å². The molecule has 2 aromatic carbocycles. The Kier molecular flexibility index (Phi) is 6.91. The van der Waals surface area contributed by atoms with E-state index in [9.17, 15) is 4.79 Å². The van der Waals surface area contributed by atoms with Gasteiger partial charge < -0.3 is 10.6 Å². The molecule has 0 saturated carbocycles. The predicted molar refractivity (Wildman–Crippen MR) is 109 cm³/mol. The molecule has 2 aromatic rings. The molecule has 0 heterocycles. The summed E-state index contributed by atoms with van der Waals surface area (Å²) in [7, 11) is 0. The molecule has 1 amide bonds. The van der Waals surface area contributed by atoms with Crippen molar-refractivity contribution in [3.05, 3.63) is 60.6 Å². The van der Waals surface area contributed by atoms with E-state index in [0.717, 1.165) is 3.57 Å². The Balaban J connectivity index is 1.97. The fourth-order valence-electron chi connectivity index (χ4n) is 1.71. The van der Waals surface area contributed by atoms with Gasteiger partial charge in [-0.05, 0) is 59.0 Å². The molecule has 0 aromatic heterocycles. The molecule has 0 bridgehead atoms. The number of anilines is 1. The van der Waals surface area contributed by atoms with Gasteiger partial charge in [-0.2, -0.15) is 0 Å². The molecule has 2 rings (SSSR count). The molecule has 0 unspecified atom stereocenters. The highest BCUT2D eigenvalue weighted by atomic mass is 127. The van der Waals surface area contributed by atoms with Gasteiger partial charge in [-0.15, -0.1) is 0 Å². The summed E-state index contributed by atoms with van der Waals surface area (Å²) >= 11 is 25.3. The average Bonchev–Trinajstić information content (AvgIpc) is 2.48. The van der Waals surface area contributed by atoms with E-state index >= 15 is 0 Å². The summed E-state index contributed by atoms with van der Waals surface area (Å²) < 4.78 is 1.08. The summed E-state index contributed by atoms with van der Waals surface area (Å²) in [6.45, 7) is 0.230. The lowest BCUT2D eigenvalue weighted by molar-refractivity contribution is -0.110. The fraction of sp³-hybridized carbons (Fsp3) is 0.0667. The van der Waals surface area contributed by atoms with Crippen LogP contribution in [0.15, 0.2) is 36.4 Å². The van der Waals surface area contributed by atoms with Gasteiger partial charge in [0.25, 0.3) is 5.91 Å². The molecule has 0 aliphatic heterocycles. The van der Waals surface area contributed by atoms with Crippen molar-refractivity contribution in [2.75, 3.05) is 5.32 Å². The van der Waals surface area contributed by atoms with E-state index in [-0.39, 0.29) is 11.5 Å². The van der Waals surface area contributed by atoms with E-state index in [1.54, 1.807) is 24.3 Å². The fourth-order valence-corrected chi connectivity index (χ4v) is 3.14. The zero-order chi connectivity index (χ0) is 17.0. The number of hydrogen-bond acceptors (Lipinski definition) is 2. The van der Waals surface area contributed by atoms with Crippen LogP contribution in [0.5, 0.6) is 0 Å². The Bertz CT molecular complexity index is 730. The zero-order valence-electron chi connectivity index (χ0n) is 11.5. The number of benzene rings is 2. The maximum Gasteiger partial charge on any atom is 0.283 e. The molecule has 0 atom stereocenters. The number of nitrogens with one attached hydrogen (secondary N) is 2. The van der Waals surface area contributed by atoms with Gasteiger partial charge in [0, 0.05) is 36.4 Å². The summed E-state index contributed by atoms with van der Waals surface area (Å²) in [6, 6.07) is 10.5. The molecule has 0 aliphatic rings. The number of carbonyl (C=O) groups excluding carboxylic acids is 1. The zero-order valence-corrected chi connectivity index (χ0v) is 16.7. The third kappa shape index (κ3) is 5.46. The van der Waals surface area contributed by atoms with Crippen LogP contribution in [0.2, 0.25) is 15.1 Å². The molecule has 23 heavy (non-hydrogen) atoms. The van der Waals surface area contributed by atoms with E-state index in [2.05, 4.69) is 33.2 Å². The highest BCUT2D eigenvalue weighted by molar-refractivity contribution is 14.1. The lowest BCUT2D eigenvalue weighted by Gasteiger charge is -2.11. The average molecular weight is 500 g/mol. The molecule has 8 heteroatoms. The molecule has 0 aliphatic carbocycles. The molecule has 2 N–H and O–H groups in total. The molecule has 0 radical (unpaired) electrons. The number of thiocarbonyl (C=S) groups is 1. The van der Waals surface area contributed by atoms with Gasteiger partial charge in [-0.3, -0.25) is 4.79 Å². The summed E-state index contributed by atoms with van der Waals surface area (Å²) in [5.41, 5.74) is 1.30. The second kappa shape index (κ2) is 8.48. The Morgan fingerprint density at radius 2 is 1.65 bits per heavy atom. The maximum absolute atomic E-state index is 12.0. The van der Waals surface area contributed by atoms with Crippen molar-refractivity contribution in [1.82, 2.24) is 5.32 Å². The highest BCUT2D eigenvalue weighted by Gasteiger charge is 2.12. The molecule has 3 nitrogen and oxygen atoms in total. The molecular formula is C15H10Cl3IN2OS. The lowest BCUT2D eigenvalue weighted by atomic mass is 10.2. The van der Waals surface area contributed by atoms with Gasteiger partial charge in [0.05, 0.1) is 0 Å². The van der Waals surface area contributed by atoms with Crippen molar-refractivity contribution in [2.45, 2.75) is 6.54 Å². The van der Waals surface area contributed by atoms with E-state index in [1.165, 1.54) is 0 Å². The van der Waals surface area contributed by atoms with Gasteiger partial charge in [0.2, 0.25) is 0 Å². The van der Waals surface area contributed by atoms with Crippen LogP contribution in [0.3, 0.4) is 0 Å². The minimum Gasteiger partial charge on any atom is -0.368 e. The first-order valence-electron chi connectivity index (χ1n) is 6.35. The van der Waals surface area contributed by atoms with Gasteiger partial charge in [0.15, 0.2) is 4.99 Å². The van der Waals surface area contributed by atoms with Crippen LogP contribution >= 0.6 is 69.6 Å². The number of carbonyl (C=O) groups is 1. The second-order valence-corrected chi connectivity index (χ2v) is 7.40. The van der Waals surface area contributed by atoms with Gasteiger partial charge >= 0.3 is 0 Å². The predicted octanol–water partition coefficient (Wildman–Crippen LogP) is 5.31. The van der Waals surface area contributed by atoms with Crippen molar-refractivity contribution < 1.29 is 4.79 Å². The maximum atomic E-state index is 12.0. The summed E-state index contributed by atoms with van der Waals surface area (Å²) in [5, 5.41) is 6.82. The van der Waals surface area contributed by atoms with Gasteiger partial charge in [-0.1, -0.05) is 47.0 Å². The largest absolute Gasteiger partial charge is 0.368 e. The van der Waals surface area contributed by atoms with E-state index < -0.39 is 5.91 Å². The number of rotatable bonds is 3. The summed E-state index contributed by atoms with van der Waals surface area (Å²) in [5.74, 6) is -0.401. The first-order chi connectivity index (χ1) is 10.9. The molecule has 0 saturated heterocycles. The van der Waals surface area contributed by atoms with Crippen LogP contribution in [0, 0.1) is 3.57 Å². The van der Waals surface area contributed by atoms with E-state index in [4.69, 9.17) is 47.0 Å². The van der Waals surface area contributed by atoms with Crippen LogP contribution < -0.4 is 10.6 Å². The Morgan fingerprint density at radius 3 is 2.22 bits per heavy atom. The lowest BCUT2D eigenvalue weighted by Crippen LogP contribution is -2.33. The SMILES string of the molecule is O=C(Nc1ccc(I)cc1)C(=S)NCc1c(Cl)cc(Cl)cc1Cl. The highest BCUT2D eigenvalue weighted by Crippen LogP contribution is 2.28. The van der Waals surface area contributed by atoms with Gasteiger partial charge in [-0.25, -0.2) is 0 Å². The molecule has 0 fully saturated rings. The number of amides is 1. The first-order valence-corrected chi connectivity index (χ1v) is 8.97. The topological polar surface area (TPSA) is 41.1 Å². The molecular weight excluding hydrogens is 490 g/mol. The Labute approximate surface area is 167 Å². The molecule has 120 valence electrons. The smallest absolute Gasteiger partial charge is 0.283 e. The third-order valence-corrected chi connectivity index (χ3v) is 4.78. The van der Waals surface area contributed by atoms with Crippen molar-refractivity contribution in [2.24, 2.45) is 0 Å². The Hall–Kier alpha value is -0.600. The monoisotopic (exact) mass is 498 g/mol. The third-order valence-electron chi connectivity index (χ3n) is 2.84.